The number of hydrogen-bond donors (Lipinski definition) is 3. The summed E-state index contributed by atoms with van der Waals surface area (Å²) in [6.07, 6.45) is 4.95. The fourth-order valence-corrected chi connectivity index (χ4v) is 2.29. The second-order valence-corrected chi connectivity index (χ2v) is 4.01. The first-order valence-electron chi connectivity index (χ1n) is 5.15. The predicted molar refractivity (Wildman–Crippen MR) is 52.3 cm³/mol. The monoisotopic (exact) mass is 199 g/mol. The van der Waals surface area contributed by atoms with Crippen LogP contribution in [-0.4, -0.2) is 35.8 Å². The quantitative estimate of drug-likeness (QED) is 0.258. The van der Waals surface area contributed by atoms with Crippen LogP contribution in [0.3, 0.4) is 0 Å². The number of rotatable bonds is 4. The molecule has 5 heteroatoms. The Kier molecular flexibility index (Phi) is 2.88. The molecule has 2 aliphatic heterocycles. The number of amidine groups is 1. The van der Waals surface area contributed by atoms with E-state index in [0.717, 1.165) is 13.0 Å². The van der Waals surface area contributed by atoms with Crippen LogP contribution in [0.4, 0.5) is 0 Å². The van der Waals surface area contributed by atoms with E-state index in [1.165, 1.54) is 12.8 Å². The zero-order valence-electron chi connectivity index (χ0n) is 8.15. The molecule has 2 aliphatic rings. The van der Waals surface area contributed by atoms with Crippen molar-refractivity contribution in [3.63, 3.8) is 0 Å². The van der Waals surface area contributed by atoms with Crippen LogP contribution in [0.15, 0.2) is 5.16 Å². The van der Waals surface area contributed by atoms with E-state index in [4.69, 9.17) is 15.7 Å². The van der Waals surface area contributed by atoms with Crippen molar-refractivity contribution in [3.05, 3.63) is 0 Å². The van der Waals surface area contributed by atoms with Gasteiger partial charge in [0.1, 0.15) is 5.84 Å². The van der Waals surface area contributed by atoms with Crippen molar-refractivity contribution in [3.8, 4) is 0 Å². The standard InChI is InChI=1S/C9H17N3O2/c10-9(12-13)3-4-11-7-5-6-1-2-8(7)14-6/h6-8,11,13H,1-5H2,(H2,10,12). The minimum atomic E-state index is 0.279. The van der Waals surface area contributed by atoms with Gasteiger partial charge in [-0.1, -0.05) is 5.16 Å². The first-order chi connectivity index (χ1) is 6.79. The Hall–Kier alpha value is -0.810. The largest absolute Gasteiger partial charge is 0.409 e. The summed E-state index contributed by atoms with van der Waals surface area (Å²) in [6, 6.07) is 0.472. The third kappa shape index (κ3) is 1.99. The van der Waals surface area contributed by atoms with E-state index >= 15 is 0 Å². The number of nitrogens with one attached hydrogen (secondary N) is 1. The van der Waals surface area contributed by atoms with Crippen molar-refractivity contribution < 1.29 is 9.94 Å². The molecule has 2 heterocycles. The number of nitrogens with zero attached hydrogens (tertiary/aromatic N) is 1. The third-order valence-corrected chi connectivity index (χ3v) is 3.02. The topological polar surface area (TPSA) is 79.9 Å². The number of ether oxygens (including phenoxy) is 1. The molecule has 0 aliphatic carbocycles. The first-order valence-corrected chi connectivity index (χ1v) is 5.15. The Morgan fingerprint density at radius 2 is 2.43 bits per heavy atom. The van der Waals surface area contributed by atoms with Crippen molar-refractivity contribution in [1.29, 1.82) is 0 Å². The van der Waals surface area contributed by atoms with Gasteiger partial charge in [0, 0.05) is 19.0 Å². The second kappa shape index (κ2) is 4.14. The van der Waals surface area contributed by atoms with Crippen molar-refractivity contribution in [1.82, 2.24) is 5.32 Å². The molecule has 2 fully saturated rings. The summed E-state index contributed by atoms with van der Waals surface area (Å²) in [7, 11) is 0. The lowest BCUT2D eigenvalue weighted by atomic mass is 9.95. The van der Waals surface area contributed by atoms with Crippen molar-refractivity contribution >= 4 is 5.84 Å². The summed E-state index contributed by atoms with van der Waals surface area (Å²) in [6.45, 7) is 0.757. The summed E-state index contributed by atoms with van der Waals surface area (Å²) in [5, 5.41) is 14.6. The molecular weight excluding hydrogens is 182 g/mol. The van der Waals surface area contributed by atoms with Crippen LogP contribution in [0, 0.1) is 0 Å². The van der Waals surface area contributed by atoms with Gasteiger partial charge in [-0.25, -0.2) is 0 Å². The maximum atomic E-state index is 8.34. The van der Waals surface area contributed by atoms with Crippen molar-refractivity contribution in [2.24, 2.45) is 10.9 Å². The number of oxime groups is 1. The van der Waals surface area contributed by atoms with Crippen LogP contribution in [-0.2, 0) is 4.74 Å². The van der Waals surface area contributed by atoms with E-state index < -0.39 is 0 Å². The molecule has 0 spiro atoms. The molecule has 2 rings (SSSR count). The molecule has 14 heavy (non-hydrogen) atoms. The molecule has 2 saturated heterocycles. The molecule has 0 aromatic rings. The van der Waals surface area contributed by atoms with Crippen LogP contribution in [0.2, 0.25) is 0 Å². The number of nitrogens with two attached hydrogens (primary N) is 1. The lowest BCUT2D eigenvalue weighted by molar-refractivity contribution is 0.0976. The molecule has 0 radical (unpaired) electrons. The summed E-state index contributed by atoms with van der Waals surface area (Å²) in [5.41, 5.74) is 5.36. The highest BCUT2D eigenvalue weighted by atomic mass is 16.5. The predicted octanol–water partition coefficient (Wildman–Crippen LogP) is 0.0324. The zero-order chi connectivity index (χ0) is 9.97. The molecule has 0 aromatic heterocycles. The van der Waals surface area contributed by atoms with E-state index in [1.54, 1.807) is 0 Å². The van der Waals surface area contributed by atoms with Crippen LogP contribution in [0.5, 0.6) is 0 Å². The molecule has 5 nitrogen and oxygen atoms in total. The van der Waals surface area contributed by atoms with Crippen LogP contribution < -0.4 is 11.1 Å². The minimum Gasteiger partial charge on any atom is -0.409 e. The molecule has 0 aromatic carbocycles. The molecule has 3 atom stereocenters. The van der Waals surface area contributed by atoms with Gasteiger partial charge in [-0.2, -0.15) is 0 Å². The van der Waals surface area contributed by atoms with Gasteiger partial charge in [-0.15, -0.1) is 0 Å². The Bertz CT molecular complexity index is 232. The summed E-state index contributed by atoms with van der Waals surface area (Å²) in [4.78, 5) is 0. The molecule has 4 N–H and O–H groups in total. The second-order valence-electron chi connectivity index (χ2n) is 4.01. The lowest BCUT2D eigenvalue weighted by Gasteiger charge is -2.19. The number of hydrogen-bond acceptors (Lipinski definition) is 4. The number of fused-ring (bicyclic) bond motifs is 2. The Morgan fingerprint density at radius 1 is 1.57 bits per heavy atom. The first kappa shape index (κ1) is 9.73. The van der Waals surface area contributed by atoms with Gasteiger partial charge < -0.3 is 21.0 Å². The van der Waals surface area contributed by atoms with Crippen LogP contribution >= 0.6 is 0 Å². The fraction of sp³-hybridized carbons (Fsp3) is 0.889. The molecular formula is C9H17N3O2. The van der Waals surface area contributed by atoms with E-state index in [0.29, 0.717) is 24.7 Å². The van der Waals surface area contributed by atoms with Gasteiger partial charge in [-0.05, 0) is 19.3 Å². The maximum absolute atomic E-state index is 8.34. The van der Waals surface area contributed by atoms with Crippen LogP contribution in [0.25, 0.3) is 0 Å². The highest BCUT2D eigenvalue weighted by Crippen LogP contribution is 2.34. The van der Waals surface area contributed by atoms with Gasteiger partial charge in [0.25, 0.3) is 0 Å². The zero-order valence-corrected chi connectivity index (χ0v) is 8.15. The van der Waals surface area contributed by atoms with E-state index in [2.05, 4.69) is 10.5 Å². The highest BCUT2D eigenvalue weighted by Gasteiger charge is 2.40. The average Bonchev–Trinajstić information content (AvgIpc) is 2.79. The Labute approximate surface area is 83.3 Å². The van der Waals surface area contributed by atoms with Crippen molar-refractivity contribution in [2.45, 2.75) is 43.9 Å². The smallest absolute Gasteiger partial charge is 0.140 e. The van der Waals surface area contributed by atoms with E-state index in [9.17, 15) is 0 Å². The van der Waals surface area contributed by atoms with Gasteiger partial charge >= 0.3 is 0 Å². The Balaban J connectivity index is 1.67. The summed E-state index contributed by atoms with van der Waals surface area (Å²) >= 11 is 0. The molecule has 0 saturated carbocycles. The molecule has 0 amide bonds. The fourth-order valence-electron chi connectivity index (χ4n) is 2.29. The van der Waals surface area contributed by atoms with E-state index in [-0.39, 0.29) is 5.84 Å². The van der Waals surface area contributed by atoms with Gasteiger partial charge in [0.15, 0.2) is 0 Å². The SMILES string of the molecule is NC(CCNC1CC2CCC1O2)=NO. The normalized spacial score (nSPS) is 36.6. The summed E-state index contributed by atoms with van der Waals surface area (Å²) in [5.74, 6) is 0.279. The highest BCUT2D eigenvalue weighted by molar-refractivity contribution is 5.79. The van der Waals surface area contributed by atoms with Crippen LogP contribution in [0.1, 0.15) is 25.7 Å². The maximum Gasteiger partial charge on any atom is 0.140 e. The molecule has 3 unspecified atom stereocenters. The van der Waals surface area contributed by atoms with Crippen molar-refractivity contribution in [2.75, 3.05) is 6.54 Å². The molecule has 2 bridgehead atoms. The average molecular weight is 199 g/mol. The van der Waals surface area contributed by atoms with Gasteiger partial charge in [0.05, 0.1) is 12.2 Å². The van der Waals surface area contributed by atoms with Gasteiger partial charge in [-0.3, -0.25) is 0 Å². The van der Waals surface area contributed by atoms with Gasteiger partial charge in [0.2, 0.25) is 0 Å². The Morgan fingerprint density at radius 3 is 3.00 bits per heavy atom. The third-order valence-electron chi connectivity index (χ3n) is 3.02. The minimum absolute atomic E-state index is 0.279. The molecule has 80 valence electrons. The summed E-state index contributed by atoms with van der Waals surface area (Å²) < 4.78 is 5.70. The lowest BCUT2D eigenvalue weighted by Crippen LogP contribution is -2.39. The van der Waals surface area contributed by atoms with E-state index in [1.807, 2.05) is 0 Å².